The van der Waals surface area contributed by atoms with Gasteiger partial charge < -0.3 is 4.42 Å². The van der Waals surface area contributed by atoms with Crippen LogP contribution in [0.2, 0.25) is 0 Å². The molecule has 0 fully saturated rings. The van der Waals surface area contributed by atoms with Crippen LogP contribution in [0.15, 0.2) is 51.7 Å². The number of rotatable bonds is 2. The zero-order chi connectivity index (χ0) is 14.3. The summed E-state index contributed by atoms with van der Waals surface area (Å²) < 4.78 is 6.52. The predicted molar refractivity (Wildman–Crippen MR) is 76.1 cm³/mol. The van der Waals surface area contributed by atoms with Crippen molar-refractivity contribution in [3.63, 3.8) is 0 Å². The van der Waals surface area contributed by atoms with Gasteiger partial charge in [-0.3, -0.25) is 9.36 Å². The third-order valence-electron chi connectivity index (χ3n) is 3.33. The predicted octanol–water partition coefficient (Wildman–Crippen LogP) is 2.67. The molecule has 2 aromatic carbocycles. The lowest BCUT2D eigenvalue weighted by atomic mass is 10.0. The van der Waals surface area contributed by atoms with Gasteiger partial charge >= 0.3 is 5.76 Å². The average molecular weight is 267 g/mol. The van der Waals surface area contributed by atoms with Gasteiger partial charge in [-0.25, -0.2) is 4.79 Å². The van der Waals surface area contributed by atoms with Crippen LogP contribution in [0.4, 0.5) is 0 Å². The second-order valence-electron chi connectivity index (χ2n) is 4.81. The fourth-order valence-corrected chi connectivity index (χ4v) is 2.23. The molecule has 100 valence electrons. The van der Waals surface area contributed by atoms with Gasteiger partial charge in [0.05, 0.1) is 5.52 Å². The molecule has 0 bridgehead atoms. The quantitative estimate of drug-likeness (QED) is 0.671. The van der Waals surface area contributed by atoms with Gasteiger partial charge in [0.1, 0.15) is 0 Å². The fraction of sp³-hybridized carbons (Fsp3) is 0.125. The SMILES string of the molecule is Cc1cccc(C(=O)c2ccc3c(c2)oc(=O)n3C)c1. The molecule has 20 heavy (non-hydrogen) atoms. The molecule has 3 rings (SSSR count). The van der Waals surface area contributed by atoms with Crippen molar-refractivity contribution < 1.29 is 9.21 Å². The molecule has 0 aliphatic rings. The number of ketones is 1. The van der Waals surface area contributed by atoms with E-state index in [1.54, 1.807) is 31.3 Å². The monoisotopic (exact) mass is 267 g/mol. The maximum absolute atomic E-state index is 12.4. The van der Waals surface area contributed by atoms with Gasteiger partial charge in [-0.2, -0.15) is 0 Å². The van der Waals surface area contributed by atoms with Gasteiger partial charge in [0.15, 0.2) is 11.4 Å². The van der Waals surface area contributed by atoms with Crippen molar-refractivity contribution in [1.82, 2.24) is 4.57 Å². The molecule has 0 unspecified atom stereocenters. The first-order valence-electron chi connectivity index (χ1n) is 6.27. The normalized spacial score (nSPS) is 10.9. The molecule has 1 heterocycles. The van der Waals surface area contributed by atoms with Gasteiger partial charge in [0.25, 0.3) is 0 Å². The molecule has 0 aliphatic heterocycles. The van der Waals surface area contributed by atoms with Crippen LogP contribution in [-0.4, -0.2) is 10.4 Å². The van der Waals surface area contributed by atoms with E-state index in [0.717, 1.165) is 5.56 Å². The summed E-state index contributed by atoms with van der Waals surface area (Å²) >= 11 is 0. The minimum atomic E-state index is -0.430. The smallest absolute Gasteiger partial charge is 0.408 e. The Kier molecular flexibility index (Phi) is 2.79. The molecule has 0 radical (unpaired) electrons. The van der Waals surface area contributed by atoms with E-state index in [0.29, 0.717) is 22.2 Å². The first-order chi connectivity index (χ1) is 9.56. The lowest BCUT2D eigenvalue weighted by Gasteiger charge is -2.02. The van der Waals surface area contributed by atoms with Crippen LogP contribution < -0.4 is 5.76 Å². The van der Waals surface area contributed by atoms with Crippen molar-refractivity contribution in [2.24, 2.45) is 7.05 Å². The molecule has 0 saturated heterocycles. The second-order valence-corrected chi connectivity index (χ2v) is 4.81. The van der Waals surface area contributed by atoms with E-state index in [4.69, 9.17) is 4.42 Å². The summed E-state index contributed by atoms with van der Waals surface area (Å²) in [5.74, 6) is -0.512. The van der Waals surface area contributed by atoms with Crippen LogP contribution in [0.1, 0.15) is 21.5 Å². The van der Waals surface area contributed by atoms with Crippen LogP contribution >= 0.6 is 0 Å². The molecule has 0 amide bonds. The van der Waals surface area contributed by atoms with Crippen molar-refractivity contribution in [1.29, 1.82) is 0 Å². The Labute approximate surface area is 115 Å². The number of carbonyl (C=O) groups excluding carboxylic acids is 1. The maximum atomic E-state index is 12.4. The Balaban J connectivity index is 2.10. The van der Waals surface area contributed by atoms with Crippen LogP contribution in [0.25, 0.3) is 11.1 Å². The molecule has 0 aliphatic carbocycles. The number of hydrogen-bond donors (Lipinski definition) is 0. The minimum Gasteiger partial charge on any atom is -0.408 e. The van der Waals surface area contributed by atoms with E-state index in [1.807, 2.05) is 25.1 Å². The van der Waals surface area contributed by atoms with Crippen LogP contribution in [0.3, 0.4) is 0 Å². The van der Waals surface area contributed by atoms with Gasteiger partial charge in [0, 0.05) is 18.2 Å². The highest BCUT2D eigenvalue weighted by atomic mass is 16.4. The molecule has 3 aromatic rings. The van der Waals surface area contributed by atoms with Crippen LogP contribution in [-0.2, 0) is 7.05 Å². The Bertz CT molecular complexity index is 871. The standard InChI is InChI=1S/C16H13NO3/c1-10-4-3-5-11(8-10)15(18)12-6-7-13-14(9-12)20-16(19)17(13)2/h3-9H,1-2H3. The Morgan fingerprint density at radius 3 is 2.60 bits per heavy atom. The lowest BCUT2D eigenvalue weighted by Crippen LogP contribution is -2.08. The molecular weight excluding hydrogens is 254 g/mol. The molecule has 4 heteroatoms. The first-order valence-corrected chi connectivity index (χ1v) is 6.27. The summed E-state index contributed by atoms with van der Waals surface area (Å²) in [6.45, 7) is 1.94. The fourth-order valence-electron chi connectivity index (χ4n) is 2.23. The highest BCUT2D eigenvalue weighted by molar-refractivity contribution is 6.10. The number of carbonyl (C=O) groups is 1. The second kappa shape index (κ2) is 4.49. The molecular formula is C16H13NO3. The van der Waals surface area contributed by atoms with Crippen molar-refractivity contribution in [3.8, 4) is 0 Å². The average Bonchev–Trinajstić information content (AvgIpc) is 2.73. The highest BCUT2D eigenvalue weighted by Crippen LogP contribution is 2.17. The van der Waals surface area contributed by atoms with Crippen molar-refractivity contribution in [2.75, 3.05) is 0 Å². The molecule has 0 N–H and O–H groups in total. The van der Waals surface area contributed by atoms with E-state index < -0.39 is 5.76 Å². The largest absolute Gasteiger partial charge is 0.419 e. The summed E-state index contributed by atoms with van der Waals surface area (Å²) in [7, 11) is 1.64. The van der Waals surface area contributed by atoms with Gasteiger partial charge in [-0.15, -0.1) is 0 Å². The number of nitrogens with zero attached hydrogens (tertiary/aromatic N) is 1. The Morgan fingerprint density at radius 1 is 1.10 bits per heavy atom. The summed E-state index contributed by atoms with van der Waals surface area (Å²) in [6.07, 6.45) is 0. The molecule has 0 spiro atoms. The van der Waals surface area contributed by atoms with Crippen molar-refractivity contribution in [3.05, 3.63) is 69.7 Å². The summed E-state index contributed by atoms with van der Waals surface area (Å²) in [6, 6.07) is 12.5. The topological polar surface area (TPSA) is 52.2 Å². The number of fused-ring (bicyclic) bond motifs is 1. The summed E-state index contributed by atoms with van der Waals surface area (Å²) in [5, 5.41) is 0. The van der Waals surface area contributed by atoms with Crippen molar-refractivity contribution >= 4 is 16.9 Å². The number of hydrogen-bond acceptors (Lipinski definition) is 3. The van der Waals surface area contributed by atoms with E-state index in [1.165, 1.54) is 4.57 Å². The number of oxazole rings is 1. The van der Waals surface area contributed by atoms with Gasteiger partial charge in [-0.05, 0) is 31.2 Å². The Hall–Kier alpha value is -2.62. The van der Waals surface area contributed by atoms with Crippen LogP contribution in [0, 0.1) is 6.92 Å². The zero-order valence-corrected chi connectivity index (χ0v) is 11.2. The number of aromatic nitrogens is 1. The molecule has 0 atom stereocenters. The van der Waals surface area contributed by atoms with E-state index in [-0.39, 0.29) is 5.78 Å². The lowest BCUT2D eigenvalue weighted by molar-refractivity contribution is 0.103. The third kappa shape index (κ3) is 1.95. The third-order valence-corrected chi connectivity index (χ3v) is 3.33. The van der Waals surface area contributed by atoms with E-state index in [2.05, 4.69) is 0 Å². The summed E-state index contributed by atoms with van der Waals surface area (Å²) in [4.78, 5) is 23.9. The number of benzene rings is 2. The number of aryl methyl sites for hydroxylation is 2. The highest BCUT2D eigenvalue weighted by Gasteiger charge is 2.12. The molecule has 1 aromatic heterocycles. The first kappa shape index (κ1) is 12.4. The Morgan fingerprint density at radius 2 is 1.85 bits per heavy atom. The molecule has 4 nitrogen and oxygen atoms in total. The van der Waals surface area contributed by atoms with E-state index in [9.17, 15) is 9.59 Å². The molecule has 0 saturated carbocycles. The van der Waals surface area contributed by atoms with Crippen molar-refractivity contribution in [2.45, 2.75) is 6.92 Å². The van der Waals surface area contributed by atoms with Gasteiger partial charge in [-0.1, -0.05) is 23.8 Å². The van der Waals surface area contributed by atoms with Crippen LogP contribution in [0.5, 0.6) is 0 Å². The van der Waals surface area contributed by atoms with Gasteiger partial charge in [0.2, 0.25) is 0 Å². The minimum absolute atomic E-state index is 0.0814. The summed E-state index contributed by atoms with van der Waals surface area (Å²) in [5.41, 5.74) is 3.27. The van der Waals surface area contributed by atoms with E-state index >= 15 is 0 Å². The zero-order valence-electron chi connectivity index (χ0n) is 11.2. The maximum Gasteiger partial charge on any atom is 0.419 e.